The molecule has 0 aromatic heterocycles. The zero-order chi connectivity index (χ0) is 16.4. The van der Waals surface area contributed by atoms with Crippen LogP contribution in [-0.4, -0.2) is 35.3 Å². The molecule has 1 heterocycles. The average Bonchev–Trinajstić information content (AvgIpc) is 3.17. The van der Waals surface area contributed by atoms with Crippen LogP contribution in [0.2, 0.25) is 0 Å². The molecule has 2 aliphatic rings. The SMILES string of the molecule is O=C(CNC(=O)C1CCCC1)ON1C(=O)c2ccccc2C1=O. The lowest BCUT2D eigenvalue weighted by molar-refractivity contribution is -0.167. The quantitative estimate of drug-likeness (QED) is 0.838. The van der Waals surface area contributed by atoms with Gasteiger partial charge in [-0.05, 0) is 25.0 Å². The Balaban J connectivity index is 1.55. The molecule has 3 amide bonds. The van der Waals surface area contributed by atoms with E-state index in [1.807, 2.05) is 0 Å². The maximum Gasteiger partial charge on any atom is 0.352 e. The summed E-state index contributed by atoms with van der Waals surface area (Å²) in [6.07, 6.45) is 3.66. The highest BCUT2D eigenvalue weighted by atomic mass is 16.7. The molecule has 1 fully saturated rings. The van der Waals surface area contributed by atoms with Gasteiger partial charge in [-0.15, -0.1) is 0 Å². The highest BCUT2D eigenvalue weighted by molar-refractivity contribution is 6.20. The van der Waals surface area contributed by atoms with Gasteiger partial charge in [-0.2, -0.15) is 0 Å². The molecule has 0 bridgehead atoms. The van der Waals surface area contributed by atoms with E-state index in [0.717, 1.165) is 25.7 Å². The summed E-state index contributed by atoms with van der Waals surface area (Å²) in [5.74, 6) is -2.48. The highest BCUT2D eigenvalue weighted by Crippen LogP contribution is 2.25. The lowest BCUT2D eigenvalue weighted by Gasteiger charge is -2.14. The minimum Gasteiger partial charge on any atom is -0.345 e. The van der Waals surface area contributed by atoms with Gasteiger partial charge in [-0.1, -0.05) is 30.0 Å². The predicted molar refractivity (Wildman–Crippen MR) is 78.0 cm³/mol. The normalized spacial score (nSPS) is 17.3. The van der Waals surface area contributed by atoms with Gasteiger partial charge in [0.2, 0.25) is 5.91 Å². The number of amides is 3. The Hall–Kier alpha value is -2.70. The van der Waals surface area contributed by atoms with Gasteiger partial charge in [-0.3, -0.25) is 14.4 Å². The van der Waals surface area contributed by atoms with E-state index in [0.29, 0.717) is 5.06 Å². The number of nitrogens with zero attached hydrogens (tertiary/aromatic N) is 1. The van der Waals surface area contributed by atoms with Crippen molar-refractivity contribution < 1.29 is 24.0 Å². The van der Waals surface area contributed by atoms with Crippen molar-refractivity contribution in [3.63, 3.8) is 0 Å². The van der Waals surface area contributed by atoms with E-state index in [9.17, 15) is 19.2 Å². The number of hydroxylamine groups is 2. The number of imide groups is 1. The standard InChI is InChI=1S/C16H16N2O5/c19-13(9-17-14(20)10-5-1-2-6-10)23-18-15(21)11-7-3-4-8-12(11)16(18)22/h3-4,7-8,10H,1-2,5-6,9H2,(H,17,20). The zero-order valence-corrected chi connectivity index (χ0v) is 12.4. The van der Waals surface area contributed by atoms with Crippen LogP contribution in [-0.2, 0) is 14.4 Å². The van der Waals surface area contributed by atoms with Gasteiger partial charge in [0, 0.05) is 5.92 Å². The maximum atomic E-state index is 12.0. The van der Waals surface area contributed by atoms with Gasteiger partial charge in [0.1, 0.15) is 6.54 Å². The molecular formula is C16H16N2O5. The van der Waals surface area contributed by atoms with E-state index in [1.165, 1.54) is 12.1 Å². The van der Waals surface area contributed by atoms with E-state index >= 15 is 0 Å². The maximum absolute atomic E-state index is 12.0. The number of carbonyl (C=O) groups excluding carboxylic acids is 4. The Bertz CT molecular complexity index is 644. The van der Waals surface area contributed by atoms with E-state index in [4.69, 9.17) is 4.84 Å². The number of hydrogen-bond acceptors (Lipinski definition) is 5. The lowest BCUT2D eigenvalue weighted by atomic mass is 10.1. The molecule has 1 aliphatic carbocycles. The fourth-order valence-electron chi connectivity index (χ4n) is 2.88. The Morgan fingerprint density at radius 2 is 1.65 bits per heavy atom. The number of carbonyl (C=O) groups is 4. The molecule has 3 rings (SSSR count). The van der Waals surface area contributed by atoms with E-state index in [2.05, 4.69) is 5.32 Å². The van der Waals surface area contributed by atoms with Crippen molar-refractivity contribution in [1.82, 2.24) is 10.4 Å². The molecule has 0 radical (unpaired) electrons. The highest BCUT2D eigenvalue weighted by Gasteiger charge is 2.38. The van der Waals surface area contributed by atoms with Crippen molar-refractivity contribution in [2.75, 3.05) is 6.54 Å². The van der Waals surface area contributed by atoms with Crippen LogP contribution in [0.15, 0.2) is 24.3 Å². The molecule has 1 aromatic carbocycles. The van der Waals surface area contributed by atoms with Gasteiger partial charge in [0.05, 0.1) is 11.1 Å². The summed E-state index contributed by atoms with van der Waals surface area (Å²) in [6, 6.07) is 6.23. The van der Waals surface area contributed by atoms with Crippen molar-refractivity contribution in [3.8, 4) is 0 Å². The van der Waals surface area contributed by atoms with Gasteiger partial charge < -0.3 is 10.2 Å². The summed E-state index contributed by atoms with van der Waals surface area (Å²) in [4.78, 5) is 52.5. The van der Waals surface area contributed by atoms with Crippen molar-refractivity contribution >= 4 is 23.7 Å². The van der Waals surface area contributed by atoms with Crippen molar-refractivity contribution in [1.29, 1.82) is 0 Å². The van der Waals surface area contributed by atoms with E-state index in [1.54, 1.807) is 12.1 Å². The van der Waals surface area contributed by atoms with Crippen LogP contribution >= 0.6 is 0 Å². The molecule has 0 atom stereocenters. The first-order valence-electron chi connectivity index (χ1n) is 7.54. The molecule has 7 nitrogen and oxygen atoms in total. The summed E-state index contributed by atoms with van der Waals surface area (Å²) in [5.41, 5.74) is 0.389. The van der Waals surface area contributed by atoms with Crippen LogP contribution in [0.4, 0.5) is 0 Å². The van der Waals surface area contributed by atoms with Crippen LogP contribution < -0.4 is 5.32 Å². The lowest BCUT2D eigenvalue weighted by Crippen LogP contribution is -2.39. The summed E-state index contributed by atoms with van der Waals surface area (Å²) >= 11 is 0. The number of rotatable bonds is 4. The largest absolute Gasteiger partial charge is 0.352 e. The Morgan fingerprint density at radius 1 is 1.09 bits per heavy atom. The van der Waals surface area contributed by atoms with Gasteiger partial charge >= 0.3 is 5.97 Å². The smallest absolute Gasteiger partial charge is 0.345 e. The Kier molecular flexibility index (Phi) is 4.10. The second kappa shape index (κ2) is 6.20. The molecule has 23 heavy (non-hydrogen) atoms. The topological polar surface area (TPSA) is 92.8 Å². The van der Waals surface area contributed by atoms with E-state index in [-0.39, 0.29) is 29.5 Å². The fourth-order valence-corrected chi connectivity index (χ4v) is 2.88. The predicted octanol–water partition coefficient (Wildman–Crippen LogP) is 1.05. The fraction of sp³-hybridized carbons (Fsp3) is 0.375. The molecule has 1 saturated carbocycles. The van der Waals surface area contributed by atoms with Crippen LogP contribution in [0.5, 0.6) is 0 Å². The molecule has 0 spiro atoms. The van der Waals surface area contributed by atoms with Gasteiger partial charge in [0.25, 0.3) is 11.8 Å². The molecule has 1 aromatic rings. The van der Waals surface area contributed by atoms with Crippen molar-refractivity contribution in [2.24, 2.45) is 5.92 Å². The summed E-state index contributed by atoms with van der Waals surface area (Å²) < 4.78 is 0. The molecule has 0 saturated heterocycles. The second-order valence-corrected chi connectivity index (χ2v) is 5.61. The second-order valence-electron chi connectivity index (χ2n) is 5.61. The zero-order valence-electron chi connectivity index (χ0n) is 12.4. The number of hydrogen-bond donors (Lipinski definition) is 1. The average molecular weight is 316 g/mol. The first kappa shape index (κ1) is 15.2. The van der Waals surface area contributed by atoms with Crippen molar-refractivity contribution in [3.05, 3.63) is 35.4 Å². The first-order chi connectivity index (χ1) is 11.1. The summed E-state index contributed by atoms with van der Waals surface area (Å²) in [5, 5.41) is 2.93. The molecule has 120 valence electrons. The van der Waals surface area contributed by atoms with Gasteiger partial charge in [0.15, 0.2) is 0 Å². The third-order valence-electron chi connectivity index (χ3n) is 4.08. The summed E-state index contributed by atoms with van der Waals surface area (Å²) in [6.45, 7) is -0.372. The number of benzene rings is 1. The molecule has 1 aliphatic heterocycles. The van der Waals surface area contributed by atoms with Crippen LogP contribution in [0.3, 0.4) is 0 Å². The van der Waals surface area contributed by atoms with Crippen LogP contribution in [0, 0.1) is 5.92 Å². The summed E-state index contributed by atoms with van der Waals surface area (Å²) in [7, 11) is 0. The minimum atomic E-state index is -0.856. The first-order valence-corrected chi connectivity index (χ1v) is 7.54. The molecule has 0 unspecified atom stereocenters. The van der Waals surface area contributed by atoms with Gasteiger partial charge in [-0.25, -0.2) is 4.79 Å². The third-order valence-corrected chi connectivity index (χ3v) is 4.08. The molecule has 7 heteroatoms. The molecular weight excluding hydrogens is 300 g/mol. The molecule has 1 N–H and O–H groups in total. The third kappa shape index (κ3) is 2.94. The monoisotopic (exact) mass is 316 g/mol. The Morgan fingerprint density at radius 3 is 2.22 bits per heavy atom. The van der Waals surface area contributed by atoms with Crippen molar-refractivity contribution in [2.45, 2.75) is 25.7 Å². The number of fused-ring (bicyclic) bond motifs is 1. The van der Waals surface area contributed by atoms with E-state index < -0.39 is 17.8 Å². The van der Waals surface area contributed by atoms with Crippen LogP contribution in [0.25, 0.3) is 0 Å². The Labute approximate surface area is 132 Å². The minimum absolute atomic E-state index is 0.0675. The number of nitrogens with one attached hydrogen (secondary N) is 1. The van der Waals surface area contributed by atoms with Crippen LogP contribution in [0.1, 0.15) is 46.4 Å².